The van der Waals surface area contributed by atoms with Gasteiger partial charge in [-0.25, -0.2) is 9.97 Å². The van der Waals surface area contributed by atoms with Crippen LogP contribution in [0.4, 0.5) is 0 Å². The monoisotopic (exact) mass is 394 g/mol. The number of phenols is 1. The SMILES string of the molecule is COc1cc2ncnc(Cl)c2cc1O.[W]. The topological polar surface area (TPSA) is 55.2 Å². The predicted molar refractivity (Wildman–Crippen MR) is 52.8 cm³/mol. The number of aromatic hydroxyl groups is 1. The molecular formula is C9H7ClN2O2W. The van der Waals surface area contributed by atoms with Crippen LogP contribution in [0.5, 0.6) is 11.5 Å². The second kappa shape index (κ2) is 4.77. The van der Waals surface area contributed by atoms with Crippen molar-refractivity contribution < 1.29 is 30.9 Å². The van der Waals surface area contributed by atoms with Gasteiger partial charge in [0.05, 0.1) is 12.6 Å². The van der Waals surface area contributed by atoms with Crippen molar-refractivity contribution in [3.63, 3.8) is 0 Å². The molecule has 0 fully saturated rings. The first kappa shape index (κ1) is 12.2. The van der Waals surface area contributed by atoms with Gasteiger partial charge in [-0.05, 0) is 6.07 Å². The Kier molecular flexibility index (Phi) is 3.89. The van der Waals surface area contributed by atoms with Crippen LogP contribution in [0.2, 0.25) is 5.15 Å². The van der Waals surface area contributed by atoms with Crippen molar-refractivity contribution >= 4 is 22.5 Å². The third-order valence-corrected chi connectivity index (χ3v) is 2.19. The summed E-state index contributed by atoms with van der Waals surface area (Å²) < 4.78 is 4.94. The first-order chi connectivity index (χ1) is 6.72. The number of benzene rings is 1. The van der Waals surface area contributed by atoms with Crippen LogP contribution in [0.1, 0.15) is 0 Å². The van der Waals surface area contributed by atoms with E-state index >= 15 is 0 Å². The van der Waals surface area contributed by atoms with Gasteiger partial charge in [0.2, 0.25) is 0 Å². The number of nitrogens with zero attached hydrogens (tertiary/aromatic N) is 2. The van der Waals surface area contributed by atoms with Crippen molar-refractivity contribution in [2.45, 2.75) is 0 Å². The van der Waals surface area contributed by atoms with E-state index < -0.39 is 0 Å². The minimum Gasteiger partial charge on any atom is -0.504 e. The number of aromatic nitrogens is 2. The van der Waals surface area contributed by atoms with Gasteiger partial charge in [-0.1, -0.05) is 11.6 Å². The zero-order chi connectivity index (χ0) is 10.1. The maximum atomic E-state index is 9.49. The number of methoxy groups -OCH3 is 1. The summed E-state index contributed by atoms with van der Waals surface area (Å²) in [5.74, 6) is 0.393. The molecule has 4 nitrogen and oxygen atoms in total. The van der Waals surface area contributed by atoms with Crippen LogP contribution in [0, 0.1) is 0 Å². The Bertz CT molecular complexity index is 493. The van der Waals surface area contributed by atoms with Gasteiger partial charge in [0.15, 0.2) is 11.5 Å². The molecule has 0 aliphatic carbocycles. The van der Waals surface area contributed by atoms with Crippen molar-refractivity contribution in [1.82, 2.24) is 9.97 Å². The van der Waals surface area contributed by atoms with Crippen molar-refractivity contribution in [1.29, 1.82) is 0 Å². The Balaban J connectivity index is 0.00000112. The van der Waals surface area contributed by atoms with E-state index in [9.17, 15) is 5.11 Å². The van der Waals surface area contributed by atoms with Crippen LogP contribution >= 0.6 is 11.6 Å². The predicted octanol–water partition coefficient (Wildman–Crippen LogP) is 1.99. The van der Waals surface area contributed by atoms with Crippen LogP contribution in [0.25, 0.3) is 10.9 Å². The van der Waals surface area contributed by atoms with Crippen LogP contribution < -0.4 is 4.74 Å². The van der Waals surface area contributed by atoms with Gasteiger partial charge in [0, 0.05) is 32.5 Å². The molecule has 1 N–H and O–H groups in total. The van der Waals surface area contributed by atoms with Crippen molar-refractivity contribution in [3.05, 3.63) is 23.6 Å². The summed E-state index contributed by atoms with van der Waals surface area (Å²) in [5.41, 5.74) is 0.639. The number of rotatable bonds is 1. The number of halogens is 1. The summed E-state index contributed by atoms with van der Waals surface area (Å²) in [4.78, 5) is 7.81. The van der Waals surface area contributed by atoms with Gasteiger partial charge in [0.25, 0.3) is 0 Å². The third kappa shape index (κ3) is 2.21. The summed E-state index contributed by atoms with van der Waals surface area (Å²) in [6.07, 6.45) is 1.36. The molecule has 6 heteroatoms. The Labute approximate surface area is 106 Å². The normalized spacial score (nSPS) is 9.73. The van der Waals surface area contributed by atoms with E-state index in [-0.39, 0.29) is 26.8 Å². The summed E-state index contributed by atoms with van der Waals surface area (Å²) >= 11 is 5.82. The second-order valence-corrected chi connectivity index (χ2v) is 3.06. The molecule has 0 aliphatic rings. The molecule has 1 heterocycles. The smallest absolute Gasteiger partial charge is 0.162 e. The summed E-state index contributed by atoms with van der Waals surface area (Å²) in [7, 11) is 1.48. The van der Waals surface area contributed by atoms with Crippen LogP contribution in [-0.4, -0.2) is 22.2 Å². The Morgan fingerprint density at radius 2 is 2.07 bits per heavy atom. The van der Waals surface area contributed by atoms with Gasteiger partial charge in [-0.15, -0.1) is 0 Å². The van der Waals surface area contributed by atoms with Crippen molar-refractivity contribution in [2.24, 2.45) is 0 Å². The average molecular weight is 394 g/mol. The van der Waals surface area contributed by atoms with Crippen LogP contribution in [0.3, 0.4) is 0 Å². The standard InChI is InChI=1S/C9H7ClN2O2.W/c1-14-8-3-6-5(2-7(8)13)9(10)12-4-11-6;/h2-4,13H,1H3;. The molecule has 15 heavy (non-hydrogen) atoms. The molecule has 0 unspecified atom stereocenters. The van der Waals surface area contributed by atoms with E-state index in [0.29, 0.717) is 21.8 Å². The molecule has 1 aromatic heterocycles. The average Bonchev–Trinajstić information content (AvgIpc) is 2.19. The maximum absolute atomic E-state index is 9.49. The van der Waals surface area contributed by atoms with E-state index in [1.165, 1.54) is 19.5 Å². The van der Waals surface area contributed by atoms with Crippen LogP contribution in [0.15, 0.2) is 18.5 Å². The minimum absolute atomic E-state index is 0. The fourth-order valence-corrected chi connectivity index (χ4v) is 1.40. The Hall–Kier alpha value is -0.862. The van der Waals surface area contributed by atoms with Crippen LogP contribution in [-0.2, 0) is 21.1 Å². The van der Waals surface area contributed by atoms with Gasteiger partial charge >= 0.3 is 0 Å². The molecule has 0 atom stereocenters. The zero-order valence-electron chi connectivity index (χ0n) is 7.77. The Morgan fingerprint density at radius 1 is 1.33 bits per heavy atom. The molecule has 0 bridgehead atoms. The molecule has 0 spiro atoms. The molecule has 1 aromatic carbocycles. The third-order valence-electron chi connectivity index (χ3n) is 1.89. The van der Waals surface area contributed by atoms with Crippen molar-refractivity contribution in [2.75, 3.05) is 7.11 Å². The molecule has 0 saturated heterocycles. The molecule has 0 amide bonds. The molecule has 0 radical (unpaired) electrons. The molecule has 2 rings (SSSR count). The molecule has 78 valence electrons. The van der Waals surface area contributed by atoms with Crippen molar-refractivity contribution in [3.8, 4) is 11.5 Å². The number of fused-ring (bicyclic) bond motifs is 1. The number of hydrogen-bond donors (Lipinski definition) is 1. The van der Waals surface area contributed by atoms with Gasteiger partial charge in [-0.3, -0.25) is 0 Å². The fraction of sp³-hybridized carbons (Fsp3) is 0.111. The molecule has 0 saturated carbocycles. The Morgan fingerprint density at radius 3 is 2.73 bits per heavy atom. The number of hydrogen-bond acceptors (Lipinski definition) is 4. The largest absolute Gasteiger partial charge is 0.504 e. The summed E-state index contributed by atoms with van der Waals surface area (Å²) in [6, 6.07) is 3.09. The van der Waals surface area contributed by atoms with E-state index in [1.54, 1.807) is 6.07 Å². The minimum atomic E-state index is 0. The molecule has 2 aromatic rings. The molecule has 0 aliphatic heterocycles. The van der Waals surface area contributed by atoms with E-state index in [4.69, 9.17) is 16.3 Å². The number of ether oxygens (including phenoxy) is 1. The quantitative estimate of drug-likeness (QED) is 0.752. The van der Waals surface area contributed by atoms with E-state index in [1.807, 2.05) is 0 Å². The van der Waals surface area contributed by atoms with E-state index in [0.717, 1.165) is 0 Å². The summed E-state index contributed by atoms with van der Waals surface area (Å²) in [6.45, 7) is 0. The fourth-order valence-electron chi connectivity index (χ4n) is 1.20. The summed E-state index contributed by atoms with van der Waals surface area (Å²) in [5, 5.41) is 10.4. The van der Waals surface area contributed by atoms with Gasteiger partial charge in [0.1, 0.15) is 11.5 Å². The first-order valence-electron chi connectivity index (χ1n) is 3.89. The second-order valence-electron chi connectivity index (χ2n) is 2.71. The van der Waals surface area contributed by atoms with Gasteiger partial charge < -0.3 is 9.84 Å². The first-order valence-corrected chi connectivity index (χ1v) is 4.27. The molecular weight excluding hydrogens is 387 g/mol. The number of phenolic OH excluding ortho intramolecular Hbond substituents is 1. The zero-order valence-corrected chi connectivity index (χ0v) is 11.5. The van der Waals surface area contributed by atoms with E-state index in [2.05, 4.69) is 9.97 Å². The van der Waals surface area contributed by atoms with Gasteiger partial charge in [-0.2, -0.15) is 0 Å². The maximum Gasteiger partial charge on any atom is 0.162 e.